The van der Waals surface area contributed by atoms with Gasteiger partial charge in [0.05, 0.1) is 28.4 Å². The molecule has 1 heterocycles. The molecular formula is C22H23Cl3N4O3S. The van der Waals surface area contributed by atoms with Crippen LogP contribution in [0.15, 0.2) is 30.3 Å². The summed E-state index contributed by atoms with van der Waals surface area (Å²) in [6, 6.07) is 8.37. The molecule has 0 atom stereocenters. The number of thiocarbonyl (C=S) groups is 1. The number of anilines is 2. The number of hydrogen-bond acceptors (Lipinski definition) is 5. The first-order valence-corrected chi connectivity index (χ1v) is 11.7. The van der Waals surface area contributed by atoms with E-state index in [0.717, 1.165) is 5.69 Å². The van der Waals surface area contributed by atoms with E-state index in [1.54, 1.807) is 6.07 Å². The summed E-state index contributed by atoms with van der Waals surface area (Å²) in [7, 11) is 1.41. The molecule has 0 aromatic heterocycles. The fraction of sp³-hybridized carbons (Fsp3) is 0.318. The molecule has 2 aromatic rings. The largest absolute Gasteiger partial charge is 0.494 e. The van der Waals surface area contributed by atoms with Gasteiger partial charge < -0.3 is 19.9 Å². The molecule has 1 fully saturated rings. The number of benzene rings is 2. The maximum absolute atomic E-state index is 12.7. The van der Waals surface area contributed by atoms with Crippen molar-refractivity contribution in [2.24, 2.45) is 0 Å². The summed E-state index contributed by atoms with van der Waals surface area (Å²) >= 11 is 23.9. The number of piperazine rings is 1. The van der Waals surface area contributed by atoms with Gasteiger partial charge in [0.25, 0.3) is 5.91 Å². The Morgan fingerprint density at radius 3 is 2.36 bits per heavy atom. The standard InChI is InChI=1S/C22H23Cl3N4O3S/c1-3-19(30)29-8-6-28(7-9-29)18-5-4-14(12-16(18)24)26-22(33)27-21(31)15-10-13(23)11-17(25)20(15)32-2/h4-5,10-12H,3,6-9H2,1-2H3,(H2,26,27,31,33). The summed E-state index contributed by atoms with van der Waals surface area (Å²) in [5, 5.41) is 6.66. The molecule has 2 N–H and O–H groups in total. The van der Waals surface area contributed by atoms with Crippen LogP contribution in [0.25, 0.3) is 0 Å². The summed E-state index contributed by atoms with van der Waals surface area (Å²) < 4.78 is 5.21. The van der Waals surface area contributed by atoms with Gasteiger partial charge in [-0.15, -0.1) is 0 Å². The minimum Gasteiger partial charge on any atom is -0.494 e. The Morgan fingerprint density at radius 1 is 1.06 bits per heavy atom. The van der Waals surface area contributed by atoms with Gasteiger partial charge in [0.2, 0.25) is 5.91 Å². The summed E-state index contributed by atoms with van der Waals surface area (Å²) in [5.41, 5.74) is 1.65. The van der Waals surface area contributed by atoms with Crippen molar-refractivity contribution in [2.45, 2.75) is 13.3 Å². The van der Waals surface area contributed by atoms with Gasteiger partial charge in [-0.3, -0.25) is 14.9 Å². The minimum absolute atomic E-state index is 0.0775. The van der Waals surface area contributed by atoms with Gasteiger partial charge in [-0.05, 0) is 42.5 Å². The summed E-state index contributed by atoms with van der Waals surface area (Å²) in [6.45, 7) is 4.60. The van der Waals surface area contributed by atoms with Gasteiger partial charge in [-0.25, -0.2) is 0 Å². The van der Waals surface area contributed by atoms with E-state index in [1.165, 1.54) is 19.2 Å². The zero-order chi connectivity index (χ0) is 24.1. The monoisotopic (exact) mass is 528 g/mol. The number of carbonyl (C=O) groups is 2. The third-order valence-corrected chi connectivity index (χ3v) is 6.17. The first-order chi connectivity index (χ1) is 15.7. The highest BCUT2D eigenvalue weighted by molar-refractivity contribution is 7.80. The lowest BCUT2D eigenvalue weighted by Crippen LogP contribution is -2.48. The predicted octanol–water partition coefficient (Wildman–Crippen LogP) is 4.84. The quantitative estimate of drug-likeness (QED) is 0.540. The fourth-order valence-electron chi connectivity index (χ4n) is 3.53. The number of methoxy groups -OCH3 is 1. The van der Waals surface area contributed by atoms with Gasteiger partial charge in [0.15, 0.2) is 5.11 Å². The second kappa shape index (κ2) is 11.2. The van der Waals surface area contributed by atoms with Crippen LogP contribution >= 0.6 is 47.0 Å². The van der Waals surface area contributed by atoms with Crippen LogP contribution in [0.5, 0.6) is 5.75 Å². The van der Waals surface area contributed by atoms with Crippen LogP contribution < -0.4 is 20.3 Å². The second-order valence-electron chi connectivity index (χ2n) is 7.26. The third kappa shape index (κ3) is 6.20. The Hall–Kier alpha value is -2.26. The SMILES string of the molecule is CCC(=O)N1CCN(c2ccc(NC(=S)NC(=O)c3cc(Cl)cc(Cl)c3OC)cc2Cl)CC1. The van der Waals surface area contributed by atoms with Gasteiger partial charge >= 0.3 is 0 Å². The molecule has 0 spiro atoms. The van der Waals surface area contributed by atoms with E-state index in [1.807, 2.05) is 24.0 Å². The molecule has 0 saturated carbocycles. The van der Waals surface area contributed by atoms with Crippen molar-refractivity contribution in [2.75, 3.05) is 43.5 Å². The molecular weight excluding hydrogens is 507 g/mol. The lowest BCUT2D eigenvalue weighted by atomic mass is 10.2. The van der Waals surface area contributed by atoms with Gasteiger partial charge in [-0.1, -0.05) is 41.7 Å². The zero-order valence-electron chi connectivity index (χ0n) is 18.1. The maximum Gasteiger partial charge on any atom is 0.261 e. The normalized spacial score (nSPS) is 13.5. The molecule has 1 saturated heterocycles. The highest BCUT2D eigenvalue weighted by atomic mass is 35.5. The molecule has 1 aliphatic heterocycles. The van der Waals surface area contributed by atoms with Gasteiger partial charge in [0, 0.05) is 43.3 Å². The molecule has 7 nitrogen and oxygen atoms in total. The van der Waals surface area contributed by atoms with Crippen LogP contribution in [0.2, 0.25) is 15.1 Å². The molecule has 3 rings (SSSR count). The number of halogens is 3. The molecule has 2 amide bonds. The number of nitrogens with one attached hydrogen (secondary N) is 2. The van der Waals surface area contributed by atoms with Crippen LogP contribution in [0, 0.1) is 0 Å². The van der Waals surface area contributed by atoms with Crippen LogP contribution in [0.3, 0.4) is 0 Å². The van der Waals surface area contributed by atoms with E-state index < -0.39 is 5.91 Å². The molecule has 0 radical (unpaired) electrons. The first kappa shape index (κ1) is 25.4. The van der Waals surface area contributed by atoms with E-state index >= 15 is 0 Å². The smallest absolute Gasteiger partial charge is 0.261 e. The molecule has 0 aliphatic carbocycles. The zero-order valence-corrected chi connectivity index (χ0v) is 21.2. The van der Waals surface area contributed by atoms with E-state index in [2.05, 4.69) is 15.5 Å². The molecule has 2 aromatic carbocycles. The lowest BCUT2D eigenvalue weighted by Gasteiger charge is -2.36. The topological polar surface area (TPSA) is 73.9 Å². The van der Waals surface area contributed by atoms with E-state index in [-0.39, 0.29) is 27.4 Å². The third-order valence-electron chi connectivity index (χ3n) is 5.17. The minimum atomic E-state index is -0.518. The lowest BCUT2D eigenvalue weighted by molar-refractivity contribution is -0.131. The predicted molar refractivity (Wildman–Crippen MR) is 137 cm³/mol. The summed E-state index contributed by atoms with van der Waals surface area (Å²) in [5.74, 6) is -0.154. The molecule has 1 aliphatic rings. The van der Waals surface area contributed by atoms with Gasteiger partial charge in [0.1, 0.15) is 5.75 Å². The highest BCUT2D eigenvalue weighted by Gasteiger charge is 2.22. The van der Waals surface area contributed by atoms with Crippen LogP contribution in [-0.4, -0.2) is 55.1 Å². The molecule has 33 heavy (non-hydrogen) atoms. The molecule has 176 valence electrons. The Labute approximate surface area is 212 Å². The van der Waals surface area contributed by atoms with Gasteiger partial charge in [-0.2, -0.15) is 0 Å². The number of carbonyl (C=O) groups excluding carboxylic acids is 2. The summed E-state index contributed by atoms with van der Waals surface area (Å²) in [4.78, 5) is 28.5. The van der Waals surface area contributed by atoms with E-state index in [0.29, 0.717) is 48.3 Å². The maximum atomic E-state index is 12.7. The number of hydrogen-bond donors (Lipinski definition) is 2. The number of amides is 2. The molecule has 11 heteroatoms. The number of nitrogens with zero attached hydrogens (tertiary/aromatic N) is 2. The highest BCUT2D eigenvalue weighted by Crippen LogP contribution is 2.32. The second-order valence-corrected chi connectivity index (χ2v) is 8.92. The Bertz CT molecular complexity index is 1080. The Kier molecular flexibility index (Phi) is 8.64. The Morgan fingerprint density at radius 2 is 1.76 bits per heavy atom. The first-order valence-electron chi connectivity index (χ1n) is 10.2. The van der Waals surface area contributed by atoms with Crippen molar-refractivity contribution in [3.05, 3.63) is 51.0 Å². The molecule has 0 bridgehead atoms. The summed E-state index contributed by atoms with van der Waals surface area (Å²) in [6.07, 6.45) is 0.509. The van der Waals surface area contributed by atoms with E-state index in [4.69, 9.17) is 51.8 Å². The van der Waals surface area contributed by atoms with Crippen LogP contribution in [-0.2, 0) is 4.79 Å². The fourth-order valence-corrected chi connectivity index (χ4v) is 4.61. The van der Waals surface area contributed by atoms with Crippen LogP contribution in [0.4, 0.5) is 11.4 Å². The Balaban J connectivity index is 1.63. The van der Waals surface area contributed by atoms with E-state index in [9.17, 15) is 9.59 Å². The van der Waals surface area contributed by atoms with Crippen molar-refractivity contribution >= 4 is 75.3 Å². The van der Waals surface area contributed by atoms with Crippen molar-refractivity contribution in [3.8, 4) is 5.75 Å². The van der Waals surface area contributed by atoms with Crippen molar-refractivity contribution < 1.29 is 14.3 Å². The van der Waals surface area contributed by atoms with Crippen molar-refractivity contribution in [1.29, 1.82) is 0 Å². The number of rotatable bonds is 5. The average molecular weight is 530 g/mol. The average Bonchev–Trinajstić information content (AvgIpc) is 2.78. The molecule has 0 unspecified atom stereocenters. The van der Waals surface area contributed by atoms with Crippen molar-refractivity contribution in [3.63, 3.8) is 0 Å². The number of ether oxygens (including phenoxy) is 1. The van der Waals surface area contributed by atoms with Crippen molar-refractivity contribution in [1.82, 2.24) is 10.2 Å². The van der Waals surface area contributed by atoms with Crippen LogP contribution in [0.1, 0.15) is 23.7 Å².